The molecule has 1 fully saturated rings. The number of halogens is 2. The van der Waals surface area contributed by atoms with Crippen LogP contribution in [-0.2, 0) is 6.54 Å². The number of nitrogens with zero attached hydrogens (tertiary/aromatic N) is 1. The van der Waals surface area contributed by atoms with Crippen LogP contribution in [0.5, 0.6) is 0 Å². The monoisotopic (exact) mass is 300 g/mol. The summed E-state index contributed by atoms with van der Waals surface area (Å²) >= 11 is 3.35. The zero-order chi connectivity index (χ0) is 12.3. The Morgan fingerprint density at radius 1 is 1.47 bits per heavy atom. The molecule has 17 heavy (non-hydrogen) atoms. The molecule has 2 nitrogen and oxygen atoms in total. The van der Waals surface area contributed by atoms with Crippen LogP contribution >= 0.6 is 15.9 Å². The lowest BCUT2D eigenvalue weighted by atomic mass is 10.2. The molecule has 0 unspecified atom stereocenters. The lowest BCUT2D eigenvalue weighted by Gasteiger charge is -2.15. The van der Waals surface area contributed by atoms with Gasteiger partial charge in [0.15, 0.2) is 0 Å². The van der Waals surface area contributed by atoms with Crippen LogP contribution in [0.4, 0.5) is 4.39 Å². The van der Waals surface area contributed by atoms with Gasteiger partial charge in [-0.3, -0.25) is 0 Å². The van der Waals surface area contributed by atoms with Crippen molar-refractivity contribution in [2.75, 3.05) is 20.1 Å². The van der Waals surface area contributed by atoms with Gasteiger partial charge in [-0.2, -0.15) is 0 Å². The third-order valence-corrected chi connectivity index (χ3v) is 3.63. The van der Waals surface area contributed by atoms with Crippen LogP contribution < -0.4 is 5.32 Å². The summed E-state index contributed by atoms with van der Waals surface area (Å²) in [4.78, 5) is 2.37. The molecule has 0 saturated heterocycles. The lowest BCUT2D eigenvalue weighted by Crippen LogP contribution is -2.30. The van der Waals surface area contributed by atoms with E-state index in [1.165, 1.54) is 18.9 Å². The molecule has 0 amide bonds. The van der Waals surface area contributed by atoms with Gasteiger partial charge < -0.3 is 10.2 Å². The Hall–Kier alpha value is -0.450. The molecule has 1 aliphatic rings. The molecule has 1 N–H and O–H groups in total. The normalized spacial score (nSPS) is 15.5. The van der Waals surface area contributed by atoms with Crippen LogP contribution in [0.15, 0.2) is 22.7 Å². The van der Waals surface area contributed by atoms with Crippen LogP contribution in [0.1, 0.15) is 18.4 Å². The molecular formula is C13H18BrFN2. The van der Waals surface area contributed by atoms with Crippen molar-refractivity contribution in [3.8, 4) is 0 Å². The maximum Gasteiger partial charge on any atom is 0.127 e. The Morgan fingerprint density at radius 2 is 2.24 bits per heavy atom. The first-order valence-electron chi connectivity index (χ1n) is 6.01. The molecule has 0 aliphatic heterocycles. The highest BCUT2D eigenvalue weighted by Crippen LogP contribution is 2.24. The smallest absolute Gasteiger partial charge is 0.127 e. The van der Waals surface area contributed by atoms with Crippen molar-refractivity contribution >= 4 is 15.9 Å². The number of benzene rings is 1. The van der Waals surface area contributed by atoms with E-state index in [0.29, 0.717) is 12.1 Å². The molecule has 0 atom stereocenters. The molecule has 94 valence electrons. The summed E-state index contributed by atoms with van der Waals surface area (Å²) in [7, 11) is 2.15. The topological polar surface area (TPSA) is 15.3 Å². The number of hydrogen-bond donors (Lipinski definition) is 1. The summed E-state index contributed by atoms with van der Waals surface area (Å²) in [6.07, 6.45) is 2.66. The second-order valence-corrected chi connectivity index (χ2v) is 5.54. The first kappa shape index (κ1) is 13.0. The second-order valence-electron chi connectivity index (χ2n) is 4.62. The average molecular weight is 301 g/mol. The molecular weight excluding hydrogens is 283 g/mol. The third-order valence-electron chi connectivity index (χ3n) is 3.13. The largest absolute Gasteiger partial charge is 0.311 e. The van der Waals surface area contributed by atoms with Gasteiger partial charge in [0, 0.05) is 35.7 Å². The van der Waals surface area contributed by atoms with Gasteiger partial charge in [0.05, 0.1) is 0 Å². The van der Waals surface area contributed by atoms with Crippen molar-refractivity contribution in [2.45, 2.75) is 25.4 Å². The lowest BCUT2D eigenvalue weighted by molar-refractivity contribution is 0.321. The highest BCUT2D eigenvalue weighted by molar-refractivity contribution is 9.10. The van der Waals surface area contributed by atoms with E-state index in [0.717, 1.165) is 23.6 Å². The molecule has 2 rings (SSSR count). The highest BCUT2D eigenvalue weighted by Gasteiger charge is 2.25. The van der Waals surface area contributed by atoms with Crippen LogP contribution in [0.3, 0.4) is 0 Å². The fraction of sp³-hybridized carbons (Fsp3) is 0.538. The van der Waals surface area contributed by atoms with Gasteiger partial charge in [0.2, 0.25) is 0 Å². The first-order chi connectivity index (χ1) is 8.16. The predicted molar refractivity (Wildman–Crippen MR) is 71.5 cm³/mol. The summed E-state index contributed by atoms with van der Waals surface area (Å²) in [6, 6.07) is 5.84. The SMILES string of the molecule is CN(CCNCc1cc(Br)ccc1F)C1CC1. The summed E-state index contributed by atoms with van der Waals surface area (Å²) in [5.74, 6) is -0.142. The van der Waals surface area contributed by atoms with Gasteiger partial charge >= 0.3 is 0 Å². The second kappa shape index (κ2) is 5.94. The van der Waals surface area contributed by atoms with E-state index in [1.54, 1.807) is 6.07 Å². The molecule has 4 heteroatoms. The van der Waals surface area contributed by atoms with E-state index in [4.69, 9.17) is 0 Å². The standard InChI is InChI=1S/C13H18BrFN2/c1-17(12-3-4-12)7-6-16-9-10-8-11(14)2-5-13(10)15/h2,5,8,12,16H,3-4,6-7,9H2,1H3. The van der Waals surface area contributed by atoms with Crippen molar-refractivity contribution in [3.63, 3.8) is 0 Å². The highest BCUT2D eigenvalue weighted by atomic mass is 79.9. The number of likely N-dealkylation sites (N-methyl/N-ethyl adjacent to an activating group) is 1. The Bertz CT molecular complexity index is 380. The Balaban J connectivity index is 1.71. The van der Waals surface area contributed by atoms with Gasteiger partial charge in [-0.15, -0.1) is 0 Å². The van der Waals surface area contributed by atoms with Gasteiger partial charge in [0.1, 0.15) is 5.82 Å². The average Bonchev–Trinajstić information content (AvgIpc) is 3.12. The summed E-state index contributed by atoms with van der Waals surface area (Å²) < 4.78 is 14.3. The number of hydrogen-bond acceptors (Lipinski definition) is 2. The summed E-state index contributed by atoms with van der Waals surface area (Å²) in [5, 5.41) is 3.28. The number of nitrogens with one attached hydrogen (secondary N) is 1. The van der Waals surface area contributed by atoms with Crippen molar-refractivity contribution < 1.29 is 4.39 Å². The predicted octanol–water partition coefficient (Wildman–Crippen LogP) is 2.77. The molecule has 1 aromatic carbocycles. The Morgan fingerprint density at radius 3 is 2.94 bits per heavy atom. The summed E-state index contributed by atoms with van der Waals surface area (Å²) in [6.45, 7) is 2.52. The zero-order valence-corrected chi connectivity index (χ0v) is 11.6. The molecule has 0 spiro atoms. The molecule has 1 aromatic rings. The molecule has 0 bridgehead atoms. The van der Waals surface area contributed by atoms with Gasteiger partial charge in [-0.05, 0) is 38.1 Å². The van der Waals surface area contributed by atoms with Crippen molar-refractivity contribution in [1.82, 2.24) is 10.2 Å². The van der Waals surface area contributed by atoms with Crippen molar-refractivity contribution in [2.24, 2.45) is 0 Å². The van der Waals surface area contributed by atoms with E-state index in [-0.39, 0.29) is 5.82 Å². The van der Waals surface area contributed by atoms with E-state index < -0.39 is 0 Å². The molecule has 0 aromatic heterocycles. The minimum atomic E-state index is -0.142. The fourth-order valence-electron chi connectivity index (χ4n) is 1.86. The van der Waals surface area contributed by atoms with Crippen LogP contribution in [0.25, 0.3) is 0 Å². The quantitative estimate of drug-likeness (QED) is 0.813. The molecule has 0 heterocycles. The molecule has 1 saturated carbocycles. The van der Waals surface area contributed by atoms with E-state index in [2.05, 4.69) is 33.2 Å². The minimum absolute atomic E-state index is 0.142. The van der Waals surface area contributed by atoms with Gasteiger partial charge in [-0.1, -0.05) is 15.9 Å². The molecule has 1 aliphatic carbocycles. The Kier molecular flexibility index (Phi) is 4.54. The van der Waals surface area contributed by atoms with Crippen LogP contribution in [0.2, 0.25) is 0 Å². The van der Waals surface area contributed by atoms with Crippen LogP contribution in [0, 0.1) is 5.82 Å². The van der Waals surface area contributed by atoms with Gasteiger partial charge in [-0.25, -0.2) is 4.39 Å². The first-order valence-corrected chi connectivity index (χ1v) is 6.81. The molecule has 0 radical (unpaired) electrons. The Labute approximate surface area is 110 Å². The third kappa shape index (κ3) is 4.05. The van der Waals surface area contributed by atoms with Crippen molar-refractivity contribution in [1.29, 1.82) is 0 Å². The van der Waals surface area contributed by atoms with E-state index in [1.807, 2.05) is 6.07 Å². The van der Waals surface area contributed by atoms with Crippen LogP contribution in [-0.4, -0.2) is 31.1 Å². The van der Waals surface area contributed by atoms with E-state index >= 15 is 0 Å². The van der Waals surface area contributed by atoms with E-state index in [9.17, 15) is 4.39 Å². The van der Waals surface area contributed by atoms with Gasteiger partial charge in [0.25, 0.3) is 0 Å². The zero-order valence-electron chi connectivity index (χ0n) is 10.0. The fourth-order valence-corrected chi connectivity index (χ4v) is 2.26. The maximum atomic E-state index is 13.4. The minimum Gasteiger partial charge on any atom is -0.311 e. The van der Waals surface area contributed by atoms with Crippen molar-refractivity contribution in [3.05, 3.63) is 34.1 Å². The maximum absolute atomic E-state index is 13.4. The number of rotatable bonds is 6. The summed E-state index contributed by atoms with van der Waals surface area (Å²) in [5.41, 5.74) is 0.716.